The smallest absolute Gasteiger partial charge is 0.290 e. The van der Waals surface area contributed by atoms with Crippen molar-refractivity contribution in [2.75, 3.05) is 0 Å². The Bertz CT molecular complexity index is 2260. The molecule has 0 spiro atoms. The zero-order valence-electron chi connectivity index (χ0n) is 31.8. The number of nitrogens with one attached hydrogen (secondary N) is 4. The number of primary amides is 1. The third-order valence-corrected chi connectivity index (χ3v) is 10.3. The van der Waals surface area contributed by atoms with Gasteiger partial charge in [-0.1, -0.05) is 127 Å². The van der Waals surface area contributed by atoms with E-state index in [1.54, 1.807) is 48.5 Å². The molecular weight excluding hydrogens is 738 g/mol. The Kier molecular flexibility index (Phi) is 12.9. The molecule has 5 atom stereocenters. The molecule has 0 heterocycles. The van der Waals surface area contributed by atoms with Crippen molar-refractivity contribution < 1.29 is 33.2 Å². The molecule has 0 aliphatic heterocycles. The van der Waals surface area contributed by atoms with E-state index >= 15 is 0 Å². The second kappa shape index (κ2) is 18.3. The van der Waals surface area contributed by atoms with Gasteiger partial charge in [-0.25, -0.2) is 4.39 Å². The zero-order valence-corrected chi connectivity index (χ0v) is 31.8. The van der Waals surface area contributed by atoms with E-state index in [-0.39, 0.29) is 25.7 Å². The highest BCUT2D eigenvalue weighted by Crippen LogP contribution is 2.51. The molecule has 5 aromatic carbocycles. The summed E-state index contributed by atoms with van der Waals surface area (Å²) in [6.07, 6.45) is 0.180. The molecule has 0 bridgehead atoms. The molecule has 1 aliphatic rings. The number of carbonyl (C=O) groups is 6. The minimum atomic E-state index is -1.46. The van der Waals surface area contributed by atoms with Crippen LogP contribution in [0.5, 0.6) is 0 Å². The van der Waals surface area contributed by atoms with Crippen LogP contribution >= 0.6 is 0 Å². The van der Waals surface area contributed by atoms with Gasteiger partial charge in [0.2, 0.25) is 29.4 Å². The molecule has 12 heteroatoms. The number of halogens is 1. The number of hydrogen-bond acceptors (Lipinski definition) is 6. The first-order valence-electron chi connectivity index (χ1n) is 19.0. The minimum Gasteiger partial charge on any atom is -0.368 e. The number of amides is 5. The summed E-state index contributed by atoms with van der Waals surface area (Å²) in [5, 5.41) is 10.5. The number of hydrogen-bond donors (Lipinski definition) is 5. The summed E-state index contributed by atoms with van der Waals surface area (Å²) >= 11 is 0. The van der Waals surface area contributed by atoms with E-state index in [2.05, 4.69) is 21.3 Å². The molecule has 11 nitrogen and oxygen atoms in total. The van der Waals surface area contributed by atoms with Gasteiger partial charge in [-0.15, -0.1) is 0 Å². The molecule has 0 radical (unpaired) electrons. The quantitative estimate of drug-likeness (QED) is 0.0889. The molecule has 0 aromatic heterocycles. The molecule has 1 fully saturated rings. The Morgan fingerprint density at radius 1 is 0.638 bits per heavy atom. The Morgan fingerprint density at radius 2 is 1.16 bits per heavy atom. The fraction of sp³-hybridized carbons (Fsp3) is 0.217. The predicted octanol–water partition coefficient (Wildman–Crippen LogP) is 4.09. The summed E-state index contributed by atoms with van der Waals surface area (Å²) in [6.45, 7) is 1.32. The van der Waals surface area contributed by atoms with Crippen molar-refractivity contribution in [3.63, 3.8) is 0 Å². The van der Waals surface area contributed by atoms with E-state index in [9.17, 15) is 33.2 Å². The second-order valence-corrected chi connectivity index (χ2v) is 14.5. The van der Waals surface area contributed by atoms with Crippen molar-refractivity contribution >= 4 is 35.3 Å². The van der Waals surface area contributed by atoms with Gasteiger partial charge < -0.3 is 27.0 Å². The molecule has 296 valence electrons. The van der Waals surface area contributed by atoms with Crippen molar-refractivity contribution in [3.8, 4) is 11.1 Å². The molecule has 1 saturated carbocycles. The van der Waals surface area contributed by atoms with Crippen LogP contribution in [0.4, 0.5) is 4.39 Å². The molecule has 0 saturated heterocycles. The van der Waals surface area contributed by atoms with Gasteiger partial charge in [-0.05, 0) is 58.9 Å². The van der Waals surface area contributed by atoms with Crippen molar-refractivity contribution in [1.29, 1.82) is 0 Å². The minimum absolute atomic E-state index is 0.0200. The van der Waals surface area contributed by atoms with Gasteiger partial charge in [0.05, 0.1) is 12.5 Å². The highest BCUT2D eigenvalue weighted by molar-refractivity contribution is 6.38. The average Bonchev–Trinajstić information content (AvgIpc) is 3.97. The Hall–Kier alpha value is -6.95. The van der Waals surface area contributed by atoms with Gasteiger partial charge in [-0.3, -0.25) is 28.8 Å². The van der Waals surface area contributed by atoms with Gasteiger partial charge in [-0.2, -0.15) is 0 Å². The zero-order chi connectivity index (χ0) is 41.2. The van der Waals surface area contributed by atoms with Gasteiger partial charge in [0.25, 0.3) is 5.91 Å². The molecule has 58 heavy (non-hydrogen) atoms. The number of nitrogens with two attached hydrogens (primary N) is 1. The van der Waals surface area contributed by atoms with Crippen LogP contribution in [0.1, 0.15) is 41.5 Å². The lowest BCUT2D eigenvalue weighted by atomic mass is 9.99. The predicted molar refractivity (Wildman–Crippen MR) is 216 cm³/mol. The van der Waals surface area contributed by atoms with Crippen molar-refractivity contribution in [3.05, 3.63) is 168 Å². The molecule has 5 amide bonds. The van der Waals surface area contributed by atoms with Crippen molar-refractivity contribution in [2.45, 2.75) is 62.2 Å². The summed E-state index contributed by atoms with van der Waals surface area (Å²) in [5.74, 6) is -5.86. The largest absolute Gasteiger partial charge is 0.368 e. The molecule has 2 unspecified atom stereocenters. The molecule has 6 rings (SSSR count). The monoisotopic (exact) mass is 781 g/mol. The van der Waals surface area contributed by atoms with Crippen LogP contribution in [0.3, 0.4) is 0 Å². The van der Waals surface area contributed by atoms with E-state index in [1.165, 1.54) is 31.2 Å². The number of rotatable bonds is 17. The Labute approximate surface area is 335 Å². The molecule has 1 aliphatic carbocycles. The van der Waals surface area contributed by atoms with Crippen molar-refractivity contribution in [1.82, 2.24) is 21.3 Å². The lowest BCUT2D eigenvalue weighted by molar-refractivity contribution is -0.141. The van der Waals surface area contributed by atoms with Gasteiger partial charge in [0.15, 0.2) is 0 Å². The average molecular weight is 782 g/mol. The Balaban J connectivity index is 1.14. The summed E-state index contributed by atoms with van der Waals surface area (Å²) in [7, 11) is 0. The van der Waals surface area contributed by atoms with Crippen LogP contribution < -0.4 is 27.0 Å². The molecule has 6 N–H and O–H groups in total. The van der Waals surface area contributed by atoms with E-state index in [0.29, 0.717) is 5.56 Å². The third-order valence-electron chi connectivity index (χ3n) is 10.3. The van der Waals surface area contributed by atoms with Crippen molar-refractivity contribution in [2.24, 2.45) is 5.73 Å². The van der Waals surface area contributed by atoms with Crippen LogP contribution in [-0.4, -0.2) is 59.0 Å². The summed E-state index contributed by atoms with van der Waals surface area (Å²) in [5.41, 5.74) is 9.14. The highest BCUT2D eigenvalue weighted by atomic mass is 19.1. The summed E-state index contributed by atoms with van der Waals surface area (Å²) in [6, 6.07) is 36.7. The topological polar surface area (TPSA) is 177 Å². The maximum absolute atomic E-state index is 14.0. The lowest BCUT2D eigenvalue weighted by Crippen LogP contribution is -2.58. The van der Waals surface area contributed by atoms with E-state index in [1.807, 2.05) is 66.7 Å². The first kappa shape index (κ1) is 40.7. The Morgan fingerprint density at radius 3 is 1.74 bits per heavy atom. The van der Waals surface area contributed by atoms with Crippen LogP contribution in [-0.2, 0) is 48.0 Å². The fourth-order valence-corrected chi connectivity index (χ4v) is 6.94. The van der Waals surface area contributed by atoms with Crippen LogP contribution in [0, 0.1) is 5.82 Å². The normalized spacial score (nSPS) is 17.1. The maximum Gasteiger partial charge on any atom is 0.290 e. The van der Waals surface area contributed by atoms with Crippen LogP contribution in [0.15, 0.2) is 140 Å². The van der Waals surface area contributed by atoms with Gasteiger partial charge in [0, 0.05) is 18.8 Å². The SMILES string of the molecule is CC(NC(=O)[C@H](Cc1ccccc1)NC(=O)Cc1ccccc1)C(=O)C(=O)N[C@@H](Cc1ccc(F)cc1)C(=O)NC1(C(N)=O)C[C@H]1c1ccc(-c2ccccc2)cc1. The van der Waals surface area contributed by atoms with Crippen LogP contribution in [0.2, 0.25) is 0 Å². The summed E-state index contributed by atoms with van der Waals surface area (Å²) in [4.78, 5) is 80.5. The number of Topliss-reactive ketones (excluding diaryl/α,β-unsaturated/α-hetero) is 1. The van der Waals surface area contributed by atoms with Gasteiger partial charge in [0.1, 0.15) is 23.4 Å². The molecular formula is C46H44FN5O6. The fourth-order valence-electron chi connectivity index (χ4n) is 6.94. The van der Waals surface area contributed by atoms with Gasteiger partial charge >= 0.3 is 0 Å². The standard InChI is InChI=1S/C46H44FN5O6/c1-29(49-42(55)38(25-30-11-5-2-6-12-30)50-40(53)27-31-13-7-3-8-14-31)41(54)44(57)51-39(26-32-17-23-36(47)24-18-32)43(56)52-46(45(48)58)28-37(46)35-21-19-34(20-22-35)33-15-9-4-10-16-33/h2-24,29,37-39H,25-28H2,1H3,(H2,48,58)(H,49,55)(H,50,53)(H,51,57)(H,52,56)/t29?,37-,38-,39-,46?/m0/s1. The summed E-state index contributed by atoms with van der Waals surface area (Å²) < 4.78 is 13.8. The first-order chi connectivity index (χ1) is 27.9. The molecule has 5 aromatic rings. The van der Waals surface area contributed by atoms with E-state index in [4.69, 9.17) is 5.73 Å². The van der Waals surface area contributed by atoms with Crippen LogP contribution in [0.25, 0.3) is 11.1 Å². The van der Waals surface area contributed by atoms with E-state index in [0.717, 1.165) is 27.8 Å². The lowest BCUT2D eigenvalue weighted by Gasteiger charge is -2.24. The number of carbonyl (C=O) groups excluding carboxylic acids is 6. The first-order valence-corrected chi connectivity index (χ1v) is 19.0. The second-order valence-electron chi connectivity index (χ2n) is 14.5. The highest BCUT2D eigenvalue weighted by Gasteiger charge is 2.61. The van der Waals surface area contributed by atoms with E-state index < -0.39 is 70.7 Å². The maximum atomic E-state index is 14.0. The number of benzene rings is 5. The third kappa shape index (κ3) is 10.3. The number of ketones is 1.